The van der Waals surface area contributed by atoms with Gasteiger partial charge in [-0.1, -0.05) is 12.1 Å². The number of nitrogens with two attached hydrogens (primary N) is 1. The number of benzene rings is 1. The molecule has 0 saturated carbocycles. The Morgan fingerprint density at radius 3 is 2.70 bits per heavy atom. The Bertz CT molecular complexity index is 873. The summed E-state index contributed by atoms with van der Waals surface area (Å²) in [5.41, 5.74) is 6.49. The van der Waals surface area contributed by atoms with Crippen LogP contribution in [0.2, 0.25) is 0 Å². The zero-order valence-corrected chi connectivity index (χ0v) is 12.4. The molecule has 7 heteroatoms. The largest absolute Gasteiger partial charge is 0.493 e. The fraction of sp³-hybridized carbons (Fsp3) is 0.125. The van der Waals surface area contributed by atoms with Gasteiger partial charge in [-0.25, -0.2) is 9.78 Å². The van der Waals surface area contributed by atoms with Crippen LogP contribution in [0.4, 0.5) is 5.69 Å². The highest BCUT2D eigenvalue weighted by Gasteiger charge is 2.19. The van der Waals surface area contributed by atoms with Crippen molar-refractivity contribution in [1.29, 1.82) is 0 Å². The number of aromatic carboxylic acids is 1. The van der Waals surface area contributed by atoms with Gasteiger partial charge in [0.05, 0.1) is 12.8 Å². The second-order valence-electron chi connectivity index (χ2n) is 4.80. The molecule has 0 aliphatic heterocycles. The van der Waals surface area contributed by atoms with Gasteiger partial charge in [0.2, 0.25) is 0 Å². The minimum Gasteiger partial charge on any atom is -0.493 e. The van der Waals surface area contributed by atoms with Gasteiger partial charge in [-0.2, -0.15) is 0 Å². The van der Waals surface area contributed by atoms with Crippen LogP contribution in [0.15, 0.2) is 42.6 Å². The molecular formula is C16H15N3O4. The number of nitrogen functional groups attached to an aromatic ring is 1. The first-order valence-corrected chi connectivity index (χ1v) is 6.86. The summed E-state index contributed by atoms with van der Waals surface area (Å²) in [6.45, 7) is 0.0816. The third-order valence-electron chi connectivity index (χ3n) is 3.40. The summed E-state index contributed by atoms with van der Waals surface area (Å²) in [6.07, 6.45) is 1.70. The summed E-state index contributed by atoms with van der Waals surface area (Å²) in [5.74, 6) is 0.443. The fourth-order valence-electron chi connectivity index (χ4n) is 2.36. The van der Waals surface area contributed by atoms with E-state index in [2.05, 4.69) is 4.98 Å². The first-order valence-electron chi connectivity index (χ1n) is 6.86. The van der Waals surface area contributed by atoms with E-state index in [1.165, 1.54) is 0 Å². The van der Waals surface area contributed by atoms with Gasteiger partial charge in [-0.05, 0) is 24.3 Å². The van der Waals surface area contributed by atoms with Crippen LogP contribution in [0.3, 0.4) is 0 Å². The molecule has 0 fully saturated rings. The summed E-state index contributed by atoms with van der Waals surface area (Å²) in [5, 5.41) is 9.30. The Morgan fingerprint density at radius 1 is 1.26 bits per heavy atom. The molecule has 7 nitrogen and oxygen atoms in total. The molecule has 0 spiro atoms. The Labute approximate surface area is 131 Å². The number of fused-ring (bicyclic) bond motifs is 1. The van der Waals surface area contributed by atoms with Crippen LogP contribution in [-0.2, 0) is 6.61 Å². The van der Waals surface area contributed by atoms with Crippen LogP contribution >= 0.6 is 0 Å². The lowest BCUT2D eigenvalue weighted by Gasteiger charge is -2.09. The maximum absolute atomic E-state index is 11.4. The monoisotopic (exact) mass is 313 g/mol. The lowest BCUT2D eigenvalue weighted by Crippen LogP contribution is -2.02. The molecule has 0 radical (unpaired) electrons. The second-order valence-corrected chi connectivity index (χ2v) is 4.80. The molecule has 0 atom stereocenters. The third kappa shape index (κ3) is 2.64. The highest BCUT2D eigenvalue weighted by molar-refractivity contribution is 5.97. The molecule has 2 heterocycles. The topological polar surface area (TPSA) is 99.1 Å². The minimum absolute atomic E-state index is 0.0816. The smallest absolute Gasteiger partial charge is 0.356 e. The second kappa shape index (κ2) is 5.88. The number of carboxylic acid groups (broad SMARTS) is 1. The molecule has 0 aliphatic carbocycles. The Kier molecular flexibility index (Phi) is 3.76. The van der Waals surface area contributed by atoms with Gasteiger partial charge in [0, 0.05) is 6.20 Å². The Hall–Kier alpha value is -3.22. The van der Waals surface area contributed by atoms with E-state index in [1.54, 1.807) is 42.0 Å². The molecular weight excluding hydrogens is 298 g/mol. The molecule has 2 aromatic heterocycles. The van der Waals surface area contributed by atoms with Crippen LogP contribution in [0, 0.1) is 0 Å². The van der Waals surface area contributed by atoms with Gasteiger partial charge >= 0.3 is 5.97 Å². The fourth-order valence-corrected chi connectivity index (χ4v) is 2.36. The van der Waals surface area contributed by atoms with E-state index in [1.807, 2.05) is 12.1 Å². The van der Waals surface area contributed by atoms with Crippen LogP contribution in [0.5, 0.6) is 11.5 Å². The highest BCUT2D eigenvalue weighted by atomic mass is 16.5. The van der Waals surface area contributed by atoms with E-state index < -0.39 is 5.97 Å². The quantitative estimate of drug-likeness (QED) is 0.749. The molecule has 3 rings (SSSR count). The van der Waals surface area contributed by atoms with Gasteiger partial charge in [0.15, 0.2) is 23.0 Å². The molecule has 3 N–H and O–H groups in total. The van der Waals surface area contributed by atoms with Crippen molar-refractivity contribution in [2.45, 2.75) is 6.61 Å². The number of nitrogens with zero attached hydrogens (tertiary/aromatic N) is 2. The van der Waals surface area contributed by atoms with Crippen molar-refractivity contribution in [1.82, 2.24) is 9.38 Å². The summed E-state index contributed by atoms with van der Waals surface area (Å²) in [7, 11) is 1.55. The number of carbonyl (C=O) groups is 1. The number of imidazole rings is 1. The molecule has 0 bridgehead atoms. The maximum Gasteiger partial charge on any atom is 0.356 e. The molecule has 0 amide bonds. The number of rotatable bonds is 5. The standard InChI is InChI=1S/C16H15N3O4/c1-22-11-6-2-3-7-12(11)23-9-13-18-14(16(20)21)15-10(17)5-4-8-19(13)15/h2-8H,9,17H2,1H3,(H,20,21). The van der Waals surface area contributed by atoms with Crippen molar-refractivity contribution in [3.8, 4) is 11.5 Å². The van der Waals surface area contributed by atoms with Crippen molar-refractivity contribution < 1.29 is 19.4 Å². The zero-order valence-electron chi connectivity index (χ0n) is 12.4. The van der Waals surface area contributed by atoms with Crippen molar-refractivity contribution >= 4 is 17.2 Å². The number of methoxy groups -OCH3 is 1. The third-order valence-corrected chi connectivity index (χ3v) is 3.40. The summed E-state index contributed by atoms with van der Waals surface area (Å²) >= 11 is 0. The number of carboxylic acids is 1. The molecule has 0 unspecified atom stereocenters. The average molecular weight is 313 g/mol. The minimum atomic E-state index is -1.14. The van der Waals surface area contributed by atoms with Gasteiger partial charge in [-0.3, -0.25) is 4.40 Å². The Balaban J connectivity index is 1.98. The Morgan fingerprint density at radius 2 is 2.00 bits per heavy atom. The van der Waals surface area contributed by atoms with E-state index in [9.17, 15) is 9.90 Å². The van der Waals surface area contributed by atoms with Crippen molar-refractivity contribution in [2.75, 3.05) is 12.8 Å². The van der Waals surface area contributed by atoms with Crippen LogP contribution in [0.1, 0.15) is 16.3 Å². The first-order chi connectivity index (χ1) is 11.1. The van der Waals surface area contributed by atoms with E-state index in [0.29, 0.717) is 28.5 Å². The maximum atomic E-state index is 11.4. The van der Waals surface area contributed by atoms with E-state index >= 15 is 0 Å². The molecule has 1 aromatic carbocycles. The number of hydrogen-bond acceptors (Lipinski definition) is 5. The number of ether oxygens (including phenoxy) is 2. The van der Waals surface area contributed by atoms with Crippen molar-refractivity contribution in [3.05, 3.63) is 54.1 Å². The zero-order chi connectivity index (χ0) is 16.4. The lowest BCUT2D eigenvalue weighted by atomic mass is 10.3. The number of para-hydroxylation sites is 2. The predicted molar refractivity (Wildman–Crippen MR) is 83.9 cm³/mol. The van der Waals surface area contributed by atoms with Gasteiger partial charge in [-0.15, -0.1) is 0 Å². The molecule has 118 valence electrons. The molecule has 0 saturated heterocycles. The number of aromatic nitrogens is 2. The summed E-state index contributed by atoms with van der Waals surface area (Å²) < 4.78 is 12.5. The normalized spacial score (nSPS) is 10.7. The molecule has 23 heavy (non-hydrogen) atoms. The van der Waals surface area contributed by atoms with Gasteiger partial charge < -0.3 is 20.3 Å². The van der Waals surface area contributed by atoms with E-state index in [-0.39, 0.29) is 12.3 Å². The van der Waals surface area contributed by atoms with Crippen LogP contribution in [0.25, 0.3) is 5.52 Å². The van der Waals surface area contributed by atoms with Gasteiger partial charge in [0.25, 0.3) is 0 Å². The molecule has 3 aromatic rings. The molecule has 0 aliphatic rings. The van der Waals surface area contributed by atoms with E-state index in [4.69, 9.17) is 15.2 Å². The van der Waals surface area contributed by atoms with Crippen molar-refractivity contribution in [2.24, 2.45) is 0 Å². The number of pyridine rings is 1. The number of anilines is 1. The van der Waals surface area contributed by atoms with Crippen molar-refractivity contribution in [3.63, 3.8) is 0 Å². The first kappa shape index (κ1) is 14.7. The number of hydrogen-bond donors (Lipinski definition) is 2. The lowest BCUT2D eigenvalue weighted by molar-refractivity contribution is 0.0693. The average Bonchev–Trinajstić information content (AvgIpc) is 2.93. The van der Waals surface area contributed by atoms with E-state index in [0.717, 1.165) is 0 Å². The summed E-state index contributed by atoms with van der Waals surface area (Å²) in [4.78, 5) is 15.5. The predicted octanol–water partition coefficient (Wildman–Crippen LogP) is 2.20. The van der Waals surface area contributed by atoms with Gasteiger partial charge in [0.1, 0.15) is 12.1 Å². The van der Waals surface area contributed by atoms with Crippen LogP contribution in [-0.4, -0.2) is 27.6 Å². The highest BCUT2D eigenvalue weighted by Crippen LogP contribution is 2.27. The van der Waals surface area contributed by atoms with Crippen LogP contribution < -0.4 is 15.2 Å². The summed E-state index contributed by atoms with van der Waals surface area (Å²) in [6, 6.07) is 10.6. The SMILES string of the molecule is COc1ccccc1OCc1nc(C(=O)O)c2c(N)cccn12.